The molecule has 35 heteroatoms. The van der Waals surface area contributed by atoms with Gasteiger partial charge in [0.25, 0.3) is 35.8 Å². The zero-order valence-electron chi connectivity index (χ0n) is 41.0. The molecule has 2 fully saturated rings. The lowest BCUT2D eigenvalue weighted by Crippen LogP contribution is -2.78. The molecule has 0 aliphatic carbocycles. The second kappa shape index (κ2) is 23.3. The highest BCUT2D eigenvalue weighted by Crippen LogP contribution is 2.37. The van der Waals surface area contributed by atoms with Crippen molar-refractivity contribution in [3.63, 3.8) is 0 Å². The van der Waals surface area contributed by atoms with E-state index >= 15 is 0 Å². The van der Waals surface area contributed by atoms with Gasteiger partial charge in [-0.15, -0.1) is 40.6 Å². The van der Waals surface area contributed by atoms with Crippen LogP contribution < -0.4 is 52.4 Å². The van der Waals surface area contributed by atoms with Crippen molar-refractivity contribution < 1.29 is 84.5 Å². The summed E-state index contributed by atoms with van der Waals surface area (Å²) in [5, 5.41) is 35.4. The van der Waals surface area contributed by atoms with Crippen LogP contribution in [0, 0.1) is 0 Å². The first kappa shape index (κ1) is 56.7. The second-order valence-corrected chi connectivity index (χ2v) is 20.4. The molecule has 75 heavy (non-hydrogen) atoms. The summed E-state index contributed by atoms with van der Waals surface area (Å²) in [4.78, 5) is 97.2. The molecule has 0 spiro atoms. The number of thiazole rings is 2. The quantitative estimate of drug-likeness (QED) is 0.0117. The summed E-state index contributed by atoms with van der Waals surface area (Å²) < 4.78 is 54.8. The number of carbonyl (C=O) groups excluding carboxylic acids is 4. The minimum absolute atomic E-state index is 0.00679. The Morgan fingerprint density at radius 2 is 1.11 bits per heavy atom. The first-order chi connectivity index (χ1) is 35.3. The van der Waals surface area contributed by atoms with Gasteiger partial charge in [0, 0.05) is 10.8 Å². The molecule has 2 aliphatic heterocycles. The molecule has 2 unspecified atom stereocenters. The molecule has 12 N–H and O–H groups in total. The molecule has 0 bridgehead atoms. The van der Waals surface area contributed by atoms with Gasteiger partial charge in [0.2, 0.25) is 23.9 Å². The number of amides is 4. The first-order valence-corrected chi connectivity index (χ1v) is 25.4. The maximum absolute atomic E-state index is 13.7. The third-order valence-electron chi connectivity index (χ3n) is 11.3. The number of hydroxylamine groups is 4. The SMILES string of the molecule is C[n+]1cc(OC[C@H](O/N=C(\C(=O)NC2C(=O)N(OS(=O)(=O)ON3C(=O)C(NC(=O)/C(=N\O[C@@H](COc4cn(CCCN)[n+](C)c4)C(=O)O)c4csc(N)n4)C3(C)C)C2(C)C)c2csc(N)n2)C(=O)O)cn1CCCN. The molecule has 4 atom stereocenters. The number of oxime groups is 2. The Morgan fingerprint density at radius 3 is 1.41 bits per heavy atom. The number of aliphatic carboxylic acids is 2. The molecular formula is C40H56N16O16S3+2. The van der Waals surface area contributed by atoms with Crippen molar-refractivity contribution in [2.75, 3.05) is 37.8 Å². The molecular weight excluding hydrogens is 1060 g/mol. The lowest BCUT2D eigenvalue weighted by molar-refractivity contribution is -0.753. The van der Waals surface area contributed by atoms with Crippen molar-refractivity contribution >= 4 is 90.3 Å². The van der Waals surface area contributed by atoms with E-state index in [1.807, 2.05) is 0 Å². The zero-order chi connectivity index (χ0) is 55.2. The van der Waals surface area contributed by atoms with Crippen LogP contribution in [0.25, 0.3) is 0 Å². The van der Waals surface area contributed by atoms with Crippen LogP contribution in [-0.4, -0.2) is 157 Å². The number of nitrogen functional groups attached to an aromatic ring is 2. The molecule has 6 heterocycles. The second-order valence-electron chi connectivity index (χ2n) is 17.5. The summed E-state index contributed by atoms with van der Waals surface area (Å²) in [7, 11) is -1.85. The van der Waals surface area contributed by atoms with E-state index in [4.69, 9.17) is 50.7 Å². The van der Waals surface area contributed by atoms with Crippen molar-refractivity contribution in [2.45, 2.75) is 89.0 Å². The van der Waals surface area contributed by atoms with Gasteiger partial charge in [-0.3, -0.25) is 19.2 Å². The summed E-state index contributed by atoms with van der Waals surface area (Å²) in [6.45, 7) is 6.14. The van der Waals surface area contributed by atoms with E-state index in [1.54, 1.807) is 57.6 Å². The molecule has 2 saturated heterocycles. The molecule has 2 aliphatic rings. The largest absolute Gasteiger partial charge is 0.481 e. The highest BCUT2D eigenvalue weighted by molar-refractivity contribution is 7.81. The van der Waals surface area contributed by atoms with Crippen molar-refractivity contribution in [1.82, 2.24) is 40.1 Å². The topological polar surface area (TPSA) is 435 Å². The van der Waals surface area contributed by atoms with Crippen molar-refractivity contribution in [2.24, 2.45) is 35.9 Å². The maximum Gasteiger partial charge on any atom is 0.442 e. The van der Waals surface area contributed by atoms with E-state index in [9.17, 15) is 47.4 Å². The molecule has 4 aromatic rings. The fraction of sp³-hybridized carbons (Fsp3) is 0.500. The Bertz CT molecular complexity index is 2780. The number of nitrogens with two attached hydrogens (primary N) is 4. The standard InChI is InChI=1S/C40H54N16O16S3/c1-39(2)29(47-31(57)27(23-19-73-37(43)45-23)49-69-25(35(61)62)17-67-21-13-51(5)53(15-21)11-7-9-41)33(59)55(39)71-75(65,66)72-56-34(60)30(40(56,3)4)48-32(58)28(24-20-74-38(44)46-24)50-70-26(36(63)64)18-68-22-14-52(6)54(16-22)12-8-10-42/h13-16,19-20,25-26,29-30H,7-12,17-18,41-42H2,1-6H3,(H6-2,43,44,45,46,47,48,57,58,61,62,63,64)/p+2/b49-27-,50-28-/t25-,26-,29?,30?/m0/s1. The summed E-state index contributed by atoms with van der Waals surface area (Å²) >= 11 is 1.81. The lowest BCUT2D eigenvalue weighted by Gasteiger charge is -2.52. The van der Waals surface area contributed by atoms with Gasteiger partial charge < -0.3 is 62.9 Å². The molecule has 32 nitrogen and oxygen atoms in total. The minimum Gasteiger partial charge on any atom is -0.481 e. The van der Waals surface area contributed by atoms with Gasteiger partial charge in [-0.2, -0.15) is 27.9 Å². The van der Waals surface area contributed by atoms with Gasteiger partial charge in [-0.1, -0.05) is 10.3 Å². The highest BCUT2D eigenvalue weighted by Gasteiger charge is 2.61. The number of nitrogens with one attached hydrogen (secondary N) is 2. The summed E-state index contributed by atoms with van der Waals surface area (Å²) in [5.74, 6) is -6.91. The zero-order valence-corrected chi connectivity index (χ0v) is 43.5. The van der Waals surface area contributed by atoms with Gasteiger partial charge in [0.1, 0.15) is 49.1 Å². The smallest absolute Gasteiger partial charge is 0.442 e. The molecule has 0 radical (unpaired) electrons. The number of aromatic nitrogens is 6. The van der Waals surface area contributed by atoms with Crippen LogP contribution in [0.5, 0.6) is 11.5 Å². The number of nitrogens with zero attached hydrogens (tertiary/aromatic N) is 10. The third-order valence-corrected chi connectivity index (χ3v) is 13.3. The Balaban J connectivity index is 1.07. The summed E-state index contributed by atoms with van der Waals surface area (Å²) in [6.07, 6.45) is 4.28. The molecule has 4 amide bonds. The number of β-lactam (4-membered cyclic amide) rings is 2. The molecule has 408 valence electrons. The number of rotatable bonds is 28. The number of aryl methyl sites for hydroxylation is 4. The van der Waals surface area contributed by atoms with E-state index < -0.39 is 106 Å². The normalized spacial score (nSPS) is 18.1. The number of carboxylic acids is 2. The predicted octanol–water partition coefficient (Wildman–Crippen LogP) is -3.76. The summed E-state index contributed by atoms with van der Waals surface area (Å²) in [5.41, 5.74) is 17.9. The van der Waals surface area contributed by atoms with Crippen LogP contribution >= 0.6 is 22.7 Å². The van der Waals surface area contributed by atoms with Gasteiger partial charge >= 0.3 is 22.3 Å². The van der Waals surface area contributed by atoms with Gasteiger partial charge in [0.05, 0.1) is 24.2 Å². The molecule has 4 aromatic heterocycles. The van der Waals surface area contributed by atoms with Crippen molar-refractivity contribution in [3.8, 4) is 11.5 Å². The Kier molecular flexibility index (Phi) is 17.6. The minimum atomic E-state index is -5.34. The van der Waals surface area contributed by atoms with Crippen LogP contribution in [-0.2, 0) is 84.6 Å². The summed E-state index contributed by atoms with van der Waals surface area (Å²) in [6, 6.07) is -3.03. The van der Waals surface area contributed by atoms with Crippen LogP contribution in [0.1, 0.15) is 51.9 Å². The fourth-order valence-corrected chi connectivity index (χ4v) is 9.10. The fourth-order valence-electron chi connectivity index (χ4n) is 7.08. The molecule has 6 rings (SSSR count). The first-order valence-electron chi connectivity index (χ1n) is 22.4. The Hall–Kier alpha value is -7.57. The van der Waals surface area contributed by atoms with Crippen molar-refractivity contribution in [3.05, 3.63) is 46.9 Å². The van der Waals surface area contributed by atoms with E-state index in [1.165, 1.54) is 38.5 Å². The van der Waals surface area contributed by atoms with Gasteiger partial charge in [-0.05, 0) is 53.6 Å². The van der Waals surface area contributed by atoms with E-state index in [-0.39, 0.29) is 21.7 Å². The number of carboxylic acid groups (broad SMARTS) is 2. The Labute approximate surface area is 434 Å². The maximum atomic E-state index is 13.7. The highest BCUT2D eigenvalue weighted by atomic mass is 32.3. The molecule has 0 saturated carbocycles. The van der Waals surface area contributed by atoms with Crippen LogP contribution in [0.15, 0.2) is 45.9 Å². The van der Waals surface area contributed by atoms with E-state index in [0.717, 1.165) is 22.7 Å². The number of anilines is 2. The predicted molar refractivity (Wildman–Crippen MR) is 257 cm³/mol. The van der Waals surface area contributed by atoms with Crippen molar-refractivity contribution in [1.29, 1.82) is 0 Å². The number of hydrogen-bond donors (Lipinski definition) is 8. The van der Waals surface area contributed by atoms with Gasteiger partial charge in [-0.25, -0.2) is 19.6 Å². The van der Waals surface area contributed by atoms with E-state index in [2.05, 4.69) is 30.9 Å². The average molecular weight is 1110 g/mol. The van der Waals surface area contributed by atoms with Crippen LogP contribution in [0.2, 0.25) is 0 Å². The number of ether oxygens (including phenoxy) is 2. The number of carbonyl (C=O) groups is 6. The Morgan fingerprint density at radius 1 is 0.733 bits per heavy atom. The monoisotopic (exact) mass is 1110 g/mol. The number of hydrogen-bond acceptors (Lipinski definition) is 24. The van der Waals surface area contributed by atoms with Gasteiger partial charge in [0.15, 0.2) is 35.8 Å². The van der Waals surface area contributed by atoms with Crippen LogP contribution in [0.4, 0.5) is 10.3 Å². The van der Waals surface area contributed by atoms with E-state index in [0.29, 0.717) is 60.6 Å². The van der Waals surface area contributed by atoms with Crippen LogP contribution in [0.3, 0.4) is 0 Å². The third kappa shape index (κ3) is 13.2. The molecule has 0 aromatic carbocycles. The lowest BCUT2D eigenvalue weighted by atomic mass is 9.84. The average Bonchev–Trinajstić information content (AvgIpc) is 4.15.